The molecular weight excluding hydrogens is 300 g/mol. The fourth-order valence-electron chi connectivity index (χ4n) is 2.00. The lowest BCUT2D eigenvalue weighted by molar-refractivity contribution is -0.123. The number of imide groups is 1. The third-order valence-corrected chi connectivity index (χ3v) is 2.92. The minimum atomic E-state index is -0.876. The van der Waals surface area contributed by atoms with E-state index in [1.165, 1.54) is 0 Å². The van der Waals surface area contributed by atoms with Crippen molar-refractivity contribution in [2.75, 3.05) is 13.2 Å². The van der Waals surface area contributed by atoms with Gasteiger partial charge in [0.15, 0.2) is 6.61 Å². The summed E-state index contributed by atoms with van der Waals surface area (Å²) in [7, 11) is 0. The number of carbonyl (C=O) groups is 3. The molecule has 120 valence electrons. The lowest BCUT2D eigenvalue weighted by atomic mass is 10.1. The molecule has 1 aromatic carbocycles. The first-order valence-corrected chi connectivity index (χ1v) is 7.01. The predicted octanol–water partition coefficient (Wildman–Crippen LogP) is 1.97. The van der Waals surface area contributed by atoms with Crippen LogP contribution in [-0.4, -0.2) is 36.2 Å². The molecular formula is C16H16N2O5. The number of benzene rings is 1. The first-order chi connectivity index (χ1) is 11.0. The Morgan fingerprint density at radius 3 is 2.65 bits per heavy atom. The van der Waals surface area contributed by atoms with Gasteiger partial charge in [-0.1, -0.05) is 18.2 Å². The Hall–Kier alpha value is -2.96. The number of aryl methyl sites for hydroxylation is 1. The number of ether oxygens (including phenoxy) is 2. The Balaban J connectivity index is 2.07. The van der Waals surface area contributed by atoms with Gasteiger partial charge in [0.1, 0.15) is 0 Å². The van der Waals surface area contributed by atoms with Crippen LogP contribution in [0, 0.1) is 6.92 Å². The number of para-hydroxylation sites is 1. The number of aromatic nitrogens is 1. The molecule has 0 fully saturated rings. The van der Waals surface area contributed by atoms with Crippen molar-refractivity contribution in [2.45, 2.75) is 13.8 Å². The summed E-state index contributed by atoms with van der Waals surface area (Å²) >= 11 is 0. The summed E-state index contributed by atoms with van der Waals surface area (Å²) in [5.41, 5.74) is 1.64. The highest BCUT2D eigenvalue weighted by Crippen LogP contribution is 2.18. The number of alkyl carbamates (subject to hydrolysis) is 1. The van der Waals surface area contributed by atoms with E-state index in [-0.39, 0.29) is 6.61 Å². The van der Waals surface area contributed by atoms with Crippen molar-refractivity contribution >= 4 is 28.9 Å². The minimum absolute atomic E-state index is 0.140. The summed E-state index contributed by atoms with van der Waals surface area (Å²) < 4.78 is 9.50. The molecule has 0 bridgehead atoms. The molecule has 0 unspecified atom stereocenters. The summed E-state index contributed by atoms with van der Waals surface area (Å²) in [6.07, 6.45) is -0.876. The molecule has 7 nitrogen and oxygen atoms in total. The standard InChI is InChI=1S/C16H16N2O5/c1-3-22-16(21)18-14(19)9-23-15(20)12-8-10(2)17-13-7-5-4-6-11(12)13/h4-8H,3,9H2,1-2H3,(H,18,19,21). The quantitative estimate of drug-likeness (QED) is 0.867. The van der Waals surface area contributed by atoms with Gasteiger partial charge in [0.05, 0.1) is 17.7 Å². The van der Waals surface area contributed by atoms with Gasteiger partial charge in [-0.05, 0) is 26.0 Å². The number of fused-ring (bicyclic) bond motifs is 1. The average molecular weight is 316 g/mol. The van der Waals surface area contributed by atoms with Gasteiger partial charge in [0, 0.05) is 11.1 Å². The lowest BCUT2D eigenvalue weighted by Gasteiger charge is -2.08. The van der Waals surface area contributed by atoms with Gasteiger partial charge in [0.2, 0.25) is 0 Å². The zero-order valence-corrected chi connectivity index (χ0v) is 12.8. The molecule has 0 radical (unpaired) electrons. The van der Waals surface area contributed by atoms with Crippen LogP contribution < -0.4 is 5.32 Å². The van der Waals surface area contributed by atoms with E-state index in [9.17, 15) is 14.4 Å². The van der Waals surface area contributed by atoms with Gasteiger partial charge in [-0.3, -0.25) is 15.1 Å². The Labute approximate surface area is 132 Å². The van der Waals surface area contributed by atoms with Gasteiger partial charge in [-0.2, -0.15) is 0 Å². The topological polar surface area (TPSA) is 94.6 Å². The van der Waals surface area contributed by atoms with Crippen molar-refractivity contribution in [2.24, 2.45) is 0 Å². The zero-order valence-electron chi connectivity index (χ0n) is 12.8. The monoisotopic (exact) mass is 316 g/mol. The van der Waals surface area contributed by atoms with Crippen LogP contribution in [0.2, 0.25) is 0 Å². The highest BCUT2D eigenvalue weighted by molar-refractivity contribution is 6.04. The van der Waals surface area contributed by atoms with E-state index >= 15 is 0 Å². The average Bonchev–Trinajstić information content (AvgIpc) is 2.52. The van der Waals surface area contributed by atoms with Crippen molar-refractivity contribution in [3.05, 3.63) is 41.6 Å². The summed E-state index contributed by atoms with van der Waals surface area (Å²) in [5.74, 6) is -1.42. The summed E-state index contributed by atoms with van der Waals surface area (Å²) in [6.45, 7) is 2.94. The Kier molecular flexibility index (Phi) is 5.24. The summed E-state index contributed by atoms with van der Waals surface area (Å²) in [6, 6.07) is 8.72. The number of nitrogens with one attached hydrogen (secondary N) is 1. The Bertz CT molecular complexity index is 757. The normalized spacial score (nSPS) is 10.2. The van der Waals surface area contributed by atoms with Crippen LogP contribution >= 0.6 is 0 Å². The van der Waals surface area contributed by atoms with Crippen LogP contribution in [-0.2, 0) is 14.3 Å². The molecule has 0 saturated heterocycles. The number of carbonyl (C=O) groups excluding carboxylic acids is 3. The van der Waals surface area contributed by atoms with Gasteiger partial charge < -0.3 is 9.47 Å². The highest BCUT2D eigenvalue weighted by Gasteiger charge is 2.16. The number of nitrogens with zero attached hydrogens (tertiary/aromatic N) is 1. The van der Waals surface area contributed by atoms with E-state index < -0.39 is 24.6 Å². The van der Waals surface area contributed by atoms with Crippen LogP contribution in [0.5, 0.6) is 0 Å². The molecule has 0 spiro atoms. The van der Waals surface area contributed by atoms with E-state index in [4.69, 9.17) is 4.74 Å². The maximum absolute atomic E-state index is 12.2. The van der Waals surface area contributed by atoms with E-state index in [0.717, 1.165) is 0 Å². The molecule has 7 heteroatoms. The number of esters is 1. The number of hydrogen-bond acceptors (Lipinski definition) is 6. The first-order valence-electron chi connectivity index (χ1n) is 7.01. The number of pyridine rings is 1. The minimum Gasteiger partial charge on any atom is -0.452 e. The number of rotatable bonds is 4. The van der Waals surface area contributed by atoms with E-state index in [2.05, 4.69) is 9.72 Å². The predicted molar refractivity (Wildman–Crippen MR) is 81.9 cm³/mol. The van der Waals surface area contributed by atoms with Gasteiger partial charge >= 0.3 is 12.1 Å². The van der Waals surface area contributed by atoms with Crippen molar-refractivity contribution in [3.8, 4) is 0 Å². The molecule has 1 heterocycles. The molecule has 2 amide bonds. The van der Waals surface area contributed by atoms with Crippen molar-refractivity contribution < 1.29 is 23.9 Å². The van der Waals surface area contributed by atoms with Gasteiger partial charge in [-0.25, -0.2) is 9.59 Å². The maximum atomic E-state index is 12.2. The molecule has 0 saturated carbocycles. The maximum Gasteiger partial charge on any atom is 0.413 e. The molecule has 0 aliphatic rings. The third-order valence-electron chi connectivity index (χ3n) is 2.92. The molecule has 0 aliphatic heterocycles. The largest absolute Gasteiger partial charge is 0.452 e. The Morgan fingerprint density at radius 2 is 1.91 bits per heavy atom. The Morgan fingerprint density at radius 1 is 1.17 bits per heavy atom. The van der Waals surface area contributed by atoms with Crippen molar-refractivity contribution in [3.63, 3.8) is 0 Å². The van der Waals surface area contributed by atoms with Crippen LogP contribution in [0.1, 0.15) is 23.0 Å². The molecule has 2 aromatic rings. The fourth-order valence-corrected chi connectivity index (χ4v) is 2.00. The van der Waals surface area contributed by atoms with Crippen molar-refractivity contribution in [1.29, 1.82) is 0 Å². The van der Waals surface area contributed by atoms with Crippen LogP contribution in [0.3, 0.4) is 0 Å². The SMILES string of the molecule is CCOC(=O)NC(=O)COC(=O)c1cc(C)nc2ccccc12. The first kappa shape index (κ1) is 16.4. The lowest BCUT2D eigenvalue weighted by Crippen LogP contribution is -2.34. The molecule has 23 heavy (non-hydrogen) atoms. The summed E-state index contributed by atoms with van der Waals surface area (Å²) in [4.78, 5) is 39.1. The van der Waals surface area contributed by atoms with Gasteiger partial charge in [-0.15, -0.1) is 0 Å². The second kappa shape index (κ2) is 7.35. The second-order valence-electron chi connectivity index (χ2n) is 4.67. The van der Waals surface area contributed by atoms with E-state index in [0.29, 0.717) is 22.2 Å². The van der Waals surface area contributed by atoms with Gasteiger partial charge in [0.25, 0.3) is 5.91 Å². The van der Waals surface area contributed by atoms with Crippen LogP contribution in [0.25, 0.3) is 10.9 Å². The number of hydrogen-bond donors (Lipinski definition) is 1. The van der Waals surface area contributed by atoms with E-state index in [1.807, 2.05) is 11.4 Å². The fraction of sp³-hybridized carbons (Fsp3) is 0.250. The number of amides is 2. The zero-order chi connectivity index (χ0) is 16.8. The second-order valence-corrected chi connectivity index (χ2v) is 4.67. The highest BCUT2D eigenvalue weighted by atomic mass is 16.6. The van der Waals surface area contributed by atoms with Crippen LogP contribution in [0.4, 0.5) is 4.79 Å². The molecule has 0 atom stereocenters. The summed E-state index contributed by atoms with van der Waals surface area (Å²) in [5, 5.41) is 2.58. The van der Waals surface area contributed by atoms with Crippen LogP contribution in [0.15, 0.2) is 30.3 Å². The molecule has 0 aliphatic carbocycles. The molecule has 2 rings (SSSR count). The smallest absolute Gasteiger partial charge is 0.413 e. The molecule has 1 N–H and O–H groups in total. The molecule has 1 aromatic heterocycles. The third kappa shape index (κ3) is 4.26. The van der Waals surface area contributed by atoms with Crippen molar-refractivity contribution in [1.82, 2.24) is 10.3 Å². The van der Waals surface area contributed by atoms with E-state index in [1.54, 1.807) is 38.1 Å².